The van der Waals surface area contributed by atoms with Crippen LogP contribution >= 0.6 is 0 Å². The van der Waals surface area contributed by atoms with Crippen LogP contribution in [0.2, 0.25) is 0 Å². The minimum atomic E-state index is -0.0619. The number of phenols is 1. The Hall–Kier alpha value is -2.49. The number of nitrogen functional groups attached to an aromatic ring is 1. The molecule has 2 aromatic rings. The maximum atomic E-state index is 11.8. The zero-order valence-electron chi connectivity index (χ0n) is 10.5. The van der Waals surface area contributed by atoms with E-state index in [0.717, 1.165) is 11.1 Å². The lowest BCUT2D eigenvalue weighted by molar-refractivity contribution is -0.120. The molecule has 0 radical (unpaired) electrons. The second-order valence-corrected chi connectivity index (χ2v) is 4.36. The molecule has 0 aliphatic heterocycles. The average molecular weight is 256 g/mol. The Morgan fingerprint density at radius 2 is 1.84 bits per heavy atom. The van der Waals surface area contributed by atoms with Crippen molar-refractivity contribution in [1.29, 1.82) is 0 Å². The zero-order valence-corrected chi connectivity index (χ0v) is 10.5. The van der Waals surface area contributed by atoms with Crippen LogP contribution in [0.3, 0.4) is 0 Å². The van der Waals surface area contributed by atoms with E-state index in [-0.39, 0.29) is 11.7 Å². The quantitative estimate of drug-likeness (QED) is 0.730. The molecule has 0 unspecified atom stereocenters. The van der Waals surface area contributed by atoms with Crippen LogP contribution in [0.4, 0.5) is 5.69 Å². The van der Waals surface area contributed by atoms with Gasteiger partial charge in [0.05, 0.1) is 6.42 Å². The van der Waals surface area contributed by atoms with Gasteiger partial charge < -0.3 is 16.2 Å². The molecule has 0 saturated carbocycles. The third kappa shape index (κ3) is 4.03. The van der Waals surface area contributed by atoms with Gasteiger partial charge in [-0.3, -0.25) is 4.79 Å². The van der Waals surface area contributed by atoms with Crippen molar-refractivity contribution in [2.45, 2.75) is 13.0 Å². The number of nitrogens with one attached hydrogen (secondary N) is 1. The van der Waals surface area contributed by atoms with E-state index in [2.05, 4.69) is 5.32 Å². The summed E-state index contributed by atoms with van der Waals surface area (Å²) in [6.45, 7) is 0.405. The number of amides is 1. The van der Waals surface area contributed by atoms with Crippen LogP contribution in [0.5, 0.6) is 5.75 Å². The Labute approximate surface area is 111 Å². The number of carbonyl (C=O) groups excluding carboxylic acids is 1. The molecule has 2 rings (SSSR count). The molecule has 0 spiro atoms. The predicted octanol–water partition coefficient (Wildman–Crippen LogP) is 1.83. The van der Waals surface area contributed by atoms with Crippen LogP contribution in [0.15, 0.2) is 48.5 Å². The first-order valence-corrected chi connectivity index (χ1v) is 6.02. The molecule has 0 aromatic heterocycles. The van der Waals surface area contributed by atoms with E-state index in [9.17, 15) is 9.90 Å². The summed E-state index contributed by atoms with van der Waals surface area (Å²) in [5.74, 6) is 0.137. The molecule has 4 heteroatoms. The van der Waals surface area contributed by atoms with Crippen molar-refractivity contribution in [2.24, 2.45) is 0 Å². The standard InChI is InChI=1S/C15H16N2O2/c16-13-6-4-11(5-7-13)9-15(19)17-10-12-2-1-3-14(18)8-12/h1-8,18H,9-10,16H2,(H,17,19). The SMILES string of the molecule is Nc1ccc(CC(=O)NCc2cccc(O)c2)cc1. The number of hydrogen-bond donors (Lipinski definition) is 3. The highest BCUT2D eigenvalue weighted by Gasteiger charge is 2.03. The first-order chi connectivity index (χ1) is 9.13. The first-order valence-electron chi connectivity index (χ1n) is 6.02. The number of phenolic OH excluding ortho intramolecular Hbond substituents is 1. The van der Waals surface area contributed by atoms with Crippen molar-refractivity contribution >= 4 is 11.6 Å². The van der Waals surface area contributed by atoms with E-state index >= 15 is 0 Å². The van der Waals surface area contributed by atoms with Crippen LogP contribution < -0.4 is 11.1 Å². The topological polar surface area (TPSA) is 75.4 Å². The lowest BCUT2D eigenvalue weighted by Gasteiger charge is -2.06. The number of hydrogen-bond acceptors (Lipinski definition) is 3. The Balaban J connectivity index is 1.86. The maximum Gasteiger partial charge on any atom is 0.224 e. The van der Waals surface area contributed by atoms with Gasteiger partial charge in [0.25, 0.3) is 0 Å². The minimum Gasteiger partial charge on any atom is -0.508 e. The highest BCUT2D eigenvalue weighted by Crippen LogP contribution is 2.10. The third-order valence-electron chi connectivity index (χ3n) is 2.74. The van der Waals surface area contributed by atoms with Gasteiger partial charge in [0.1, 0.15) is 5.75 Å². The minimum absolute atomic E-state index is 0.0619. The Bertz CT molecular complexity index is 565. The fourth-order valence-electron chi connectivity index (χ4n) is 1.75. The molecule has 0 aliphatic carbocycles. The van der Waals surface area contributed by atoms with Gasteiger partial charge in [-0.15, -0.1) is 0 Å². The first kappa shape index (κ1) is 13.0. The predicted molar refractivity (Wildman–Crippen MR) is 74.5 cm³/mol. The second-order valence-electron chi connectivity index (χ2n) is 4.36. The van der Waals surface area contributed by atoms with Crippen molar-refractivity contribution in [3.63, 3.8) is 0 Å². The van der Waals surface area contributed by atoms with E-state index in [1.54, 1.807) is 30.3 Å². The summed E-state index contributed by atoms with van der Waals surface area (Å²) in [5.41, 5.74) is 8.05. The van der Waals surface area contributed by atoms with Gasteiger partial charge in [-0.1, -0.05) is 24.3 Å². The van der Waals surface area contributed by atoms with E-state index in [0.29, 0.717) is 18.7 Å². The summed E-state index contributed by atoms with van der Waals surface area (Å²) in [5, 5.41) is 12.1. The van der Waals surface area contributed by atoms with Crippen LogP contribution in [-0.4, -0.2) is 11.0 Å². The van der Waals surface area contributed by atoms with Gasteiger partial charge in [-0.2, -0.15) is 0 Å². The number of carbonyl (C=O) groups is 1. The van der Waals surface area contributed by atoms with E-state index in [4.69, 9.17) is 5.73 Å². The van der Waals surface area contributed by atoms with E-state index < -0.39 is 0 Å². The fourth-order valence-corrected chi connectivity index (χ4v) is 1.75. The maximum absolute atomic E-state index is 11.8. The molecule has 0 heterocycles. The highest BCUT2D eigenvalue weighted by atomic mass is 16.3. The van der Waals surface area contributed by atoms with Gasteiger partial charge in [0, 0.05) is 12.2 Å². The molecule has 0 bridgehead atoms. The van der Waals surface area contributed by atoms with Crippen LogP contribution in [0.25, 0.3) is 0 Å². The molecule has 2 aromatic carbocycles. The van der Waals surface area contributed by atoms with Crippen molar-refractivity contribution in [1.82, 2.24) is 5.32 Å². The lowest BCUT2D eigenvalue weighted by atomic mass is 10.1. The smallest absolute Gasteiger partial charge is 0.224 e. The van der Waals surface area contributed by atoms with Gasteiger partial charge in [0.15, 0.2) is 0 Å². The molecular formula is C15H16N2O2. The van der Waals surface area contributed by atoms with Crippen molar-refractivity contribution in [3.05, 3.63) is 59.7 Å². The van der Waals surface area contributed by atoms with E-state index in [1.165, 1.54) is 0 Å². The van der Waals surface area contributed by atoms with Crippen LogP contribution in [-0.2, 0) is 17.8 Å². The number of anilines is 1. The van der Waals surface area contributed by atoms with Gasteiger partial charge in [-0.05, 0) is 35.4 Å². The van der Waals surface area contributed by atoms with Crippen LogP contribution in [0, 0.1) is 0 Å². The molecule has 98 valence electrons. The fraction of sp³-hybridized carbons (Fsp3) is 0.133. The molecule has 4 nitrogen and oxygen atoms in total. The normalized spacial score (nSPS) is 10.1. The second kappa shape index (κ2) is 5.91. The molecule has 0 atom stereocenters. The number of nitrogens with two attached hydrogens (primary N) is 1. The monoisotopic (exact) mass is 256 g/mol. The summed E-state index contributed by atoms with van der Waals surface area (Å²) >= 11 is 0. The van der Waals surface area contributed by atoms with Crippen molar-refractivity contribution < 1.29 is 9.90 Å². The molecule has 0 saturated heterocycles. The summed E-state index contributed by atoms with van der Waals surface area (Å²) in [6.07, 6.45) is 0.319. The summed E-state index contributed by atoms with van der Waals surface area (Å²) < 4.78 is 0. The van der Waals surface area contributed by atoms with Crippen molar-refractivity contribution in [3.8, 4) is 5.75 Å². The highest BCUT2D eigenvalue weighted by molar-refractivity contribution is 5.78. The van der Waals surface area contributed by atoms with Crippen molar-refractivity contribution in [2.75, 3.05) is 5.73 Å². The van der Waals surface area contributed by atoms with Crippen LogP contribution in [0.1, 0.15) is 11.1 Å². The van der Waals surface area contributed by atoms with Gasteiger partial charge in [0.2, 0.25) is 5.91 Å². The number of aromatic hydroxyl groups is 1. The van der Waals surface area contributed by atoms with Gasteiger partial charge >= 0.3 is 0 Å². The summed E-state index contributed by atoms with van der Waals surface area (Å²) in [7, 11) is 0. The number of benzene rings is 2. The summed E-state index contributed by atoms with van der Waals surface area (Å²) in [4.78, 5) is 11.8. The zero-order chi connectivity index (χ0) is 13.7. The molecule has 19 heavy (non-hydrogen) atoms. The Morgan fingerprint density at radius 1 is 1.11 bits per heavy atom. The Kier molecular flexibility index (Phi) is 4.03. The molecule has 0 fully saturated rings. The lowest BCUT2D eigenvalue weighted by Crippen LogP contribution is -2.24. The molecule has 4 N–H and O–H groups in total. The third-order valence-corrected chi connectivity index (χ3v) is 2.74. The molecule has 1 amide bonds. The van der Waals surface area contributed by atoms with Gasteiger partial charge in [-0.25, -0.2) is 0 Å². The number of rotatable bonds is 4. The Morgan fingerprint density at radius 3 is 2.53 bits per heavy atom. The largest absolute Gasteiger partial charge is 0.508 e. The molecule has 0 aliphatic rings. The average Bonchev–Trinajstić information content (AvgIpc) is 2.39. The molecular weight excluding hydrogens is 240 g/mol. The van der Waals surface area contributed by atoms with E-state index in [1.807, 2.05) is 18.2 Å². The summed E-state index contributed by atoms with van der Waals surface area (Å²) in [6, 6.07) is 14.0.